The molecule has 0 aliphatic heterocycles. The number of nitrogens with zero attached hydrogens (tertiary/aromatic N) is 2. The Morgan fingerprint density at radius 2 is 2.13 bits per heavy atom. The highest BCUT2D eigenvalue weighted by Crippen LogP contribution is 2.15. The second-order valence-electron chi connectivity index (χ2n) is 4.25. The summed E-state index contributed by atoms with van der Waals surface area (Å²) in [6.07, 6.45) is 1.52. The molecule has 0 bridgehead atoms. The van der Waals surface area contributed by atoms with Crippen LogP contribution in [0, 0.1) is 12.8 Å². The first-order chi connectivity index (χ1) is 7.08. The summed E-state index contributed by atoms with van der Waals surface area (Å²) in [5.41, 5.74) is 2.29. The lowest BCUT2D eigenvalue weighted by atomic mass is 9.97. The van der Waals surface area contributed by atoms with Crippen molar-refractivity contribution in [1.82, 2.24) is 9.78 Å². The van der Waals surface area contributed by atoms with Crippen LogP contribution in [0.25, 0.3) is 0 Å². The maximum Gasteiger partial charge on any atom is 0.0596 e. The van der Waals surface area contributed by atoms with Gasteiger partial charge in [0.25, 0.3) is 0 Å². The van der Waals surface area contributed by atoms with Crippen LogP contribution in [0.4, 0.5) is 0 Å². The van der Waals surface area contributed by atoms with E-state index in [4.69, 9.17) is 0 Å². The molecule has 0 aromatic carbocycles. The van der Waals surface area contributed by atoms with Crippen molar-refractivity contribution >= 4 is 0 Å². The fraction of sp³-hybridized carbons (Fsp3) is 0.750. The van der Waals surface area contributed by atoms with Crippen LogP contribution < -0.4 is 0 Å². The molecule has 0 saturated heterocycles. The van der Waals surface area contributed by atoms with Gasteiger partial charge in [0.1, 0.15) is 0 Å². The molecule has 3 heteroatoms. The molecule has 1 rings (SSSR count). The summed E-state index contributed by atoms with van der Waals surface area (Å²) in [7, 11) is 0. The van der Waals surface area contributed by atoms with Crippen molar-refractivity contribution in [2.24, 2.45) is 5.92 Å². The van der Waals surface area contributed by atoms with Crippen LogP contribution in [-0.4, -0.2) is 21.0 Å². The largest absolute Gasteiger partial charge is 0.393 e. The molecule has 0 spiro atoms. The molecule has 0 radical (unpaired) electrons. The Morgan fingerprint density at radius 3 is 2.67 bits per heavy atom. The molecular formula is C12H22N2O. The van der Waals surface area contributed by atoms with Gasteiger partial charge < -0.3 is 5.11 Å². The highest BCUT2D eigenvalue weighted by molar-refractivity contribution is 5.09. The maximum absolute atomic E-state index is 9.73. The summed E-state index contributed by atoms with van der Waals surface area (Å²) in [5.74, 6) is 0.302. The second kappa shape index (κ2) is 5.31. The lowest BCUT2D eigenvalue weighted by molar-refractivity contribution is 0.111. The van der Waals surface area contributed by atoms with Gasteiger partial charge >= 0.3 is 0 Å². The first-order valence-corrected chi connectivity index (χ1v) is 5.79. The van der Waals surface area contributed by atoms with Crippen molar-refractivity contribution in [3.63, 3.8) is 0 Å². The third-order valence-corrected chi connectivity index (χ3v) is 2.89. The average Bonchev–Trinajstić information content (AvgIpc) is 2.57. The Labute approximate surface area is 92.1 Å². The van der Waals surface area contributed by atoms with Crippen molar-refractivity contribution < 1.29 is 5.11 Å². The van der Waals surface area contributed by atoms with E-state index >= 15 is 0 Å². The molecular weight excluding hydrogens is 188 g/mol. The van der Waals surface area contributed by atoms with Crippen molar-refractivity contribution in [3.05, 3.63) is 17.5 Å². The number of aryl methyl sites for hydroxylation is 2. The molecule has 1 N–H and O–H groups in total. The number of aliphatic hydroxyl groups excluding tert-OH is 1. The predicted molar refractivity (Wildman–Crippen MR) is 61.8 cm³/mol. The van der Waals surface area contributed by atoms with Crippen molar-refractivity contribution in [2.75, 3.05) is 0 Å². The molecule has 2 unspecified atom stereocenters. The molecule has 1 heterocycles. The quantitative estimate of drug-likeness (QED) is 0.808. The van der Waals surface area contributed by atoms with Gasteiger partial charge in [-0.2, -0.15) is 5.10 Å². The Kier molecular flexibility index (Phi) is 4.33. The summed E-state index contributed by atoms with van der Waals surface area (Å²) < 4.78 is 2.02. The number of hydrogen-bond acceptors (Lipinski definition) is 2. The number of aromatic nitrogens is 2. The van der Waals surface area contributed by atoms with Crippen LogP contribution in [0.5, 0.6) is 0 Å². The summed E-state index contributed by atoms with van der Waals surface area (Å²) >= 11 is 0. The first kappa shape index (κ1) is 12.2. The van der Waals surface area contributed by atoms with Crippen molar-refractivity contribution in [3.8, 4) is 0 Å². The van der Waals surface area contributed by atoms with Gasteiger partial charge in [-0.05, 0) is 38.7 Å². The zero-order valence-electron chi connectivity index (χ0n) is 10.2. The van der Waals surface area contributed by atoms with Crippen molar-refractivity contribution in [1.29, 1.82) is 0 Å². The summed E-state index contributed by atoms with van der Waals surface area (Å²) in [6.45, 7) is 9.12. The molecule has 0 fully saturated rings. The van der Waals surface area contributed by atoms with Crippen LogP contribution >= 0.6 is 0 Å². The highest BCUT2D eigenvalue weighted by Gasteiger charge is 2.15. The Balaban J connectivity index is 2.70. The standard InChI is InChI=1S/C12H22N2O/c1-5-12(15)9(3)7-11-8-10(4)13-14(11)6-2/h8-9,12,15H,5-7H2,1-4H3. The van der Waals surface area contributed by atoms with E-state index < -0.39 is 0 Å². The van der Waals surface area contributed by atoms with Crippen molar-refractivity contribution in [2.45, 2.75) is 53.2 Å². The van der Waals surface area contributed by atoms with E-state index in [1.54, 1.807) is 0 Å². The smallest absolute Gasteiger partial charge is 0.0596 e. The number of rotatable bonds is 5. The molecule has 2 atom stereocenters. The number of aliphatic hydroxyl groups is 1. The molecule has 0 aliphatic rings. The average molecular weight is 210 g/mol. The van der Waals surface area contributed by atoms with E-state index in [0.29, 0.717) is 5.92 Å². The van der Waals surface area contributed by atoms with Gasteiger partial charge in [-0.3, -0.25) is 4.68 Å². The lowest BCUT2D eigenvalue weighted by Gasteiger charge is -2.17. The Morgan fingerprint density at radius 1 is 1.47 bits per heavy atom. The van der Waals surface area contributed by atoms with Gasteiger partial charge in [0, 0.05) is 12.2 Å². The zero-order chi connectivity index (χ0) is 11.4. The molecule has 0 amide bonds. The fourth-order valence-electron chi connectivity index (χ4n) is 1.91. The summed E-state index contributed by atoms with van der Waals surface area (Å²) in [5, 5.41) is 14.1. The van der Waals surface area contributed by atoms with Gasteiger partial charge in [0.15, 0.2) is 0 Å². The van der Waals surface area contributed by atoms with E-state index in [9.17, 15) is 5.11 Å². The first-order valence-electron chi connectivity index (χ1n) is 5.79. The van der Waals surface area contributed by atoms with Gasteiger partial charge in [-0.1, -0.05) is 13.8 Å². The van der Waals surface area contributed by atoms with Crippen LogP contribution in [-0.2, 0) is 13.0 Å². The Bertz CT molecular complexity index is 307. The third-order valence-electron chi connectivity index (χ3n) is 2.89. The van der Waals surface area contributed by atoms with Gasteiger partial charge in [-0.25, -0.2) is 0 Å². The maximum atomic E-state index is 9.73. The van der Waals surface area contributed by atoms with Gasteiger partial charge in [-0.15, -0.1) is 0 Å². The Hall–Kier alpha value is -0.830. The number of hydrogen-bond donors (Lipinski definition) is 1. The topological polar surface area (TPSA) is 38.1 Å². The van der Waals surface area contributed by atoms with Crippen LogP contribution in [0.15, 0.2) is 6.07 Å². The molecule has 1 aromatic heterocycles. The van der Waals surface area contributed by atoms with E-state index in [1.165, 1.54) is 5.69 Å². The third kappa shape index (κ3) is 3.06. The molecule has 15 heavy (non-hydrogen) atoms. The molecule has 0 saturated carbocycles. The highest BCUT2D eigenvalue weighted by atomic mass is 16.3. The zero-order valence-corrected chi connectivity index (χ0v) is 10.2. The molecule has 1 aromatic rings. The molecule has 3 nitrogen and oxygen atoms in total. The van der Waals surface area contributed by atoms with Gasteiger partial charge in [0.05, 0.1) is 11.8 Å². The normalized spacial score (nSPS) is 15.3. The van der Waals surface area contributed by atoms with Crippen LogP contribution in [0.1, 0.15) is 38.6 Å². The summed E-state index contributed by atoms with van der Waals surface area (Å²) in [4.78, 5) is 0. The minimum atomic E-state index is -0.203. The molecule has 0 aliphatic carbocycles. The van der Waals surface area contributed by atoms with E-state index in [1.807, 2.05) is 18.5 Å². The van der Waals surface area contributed by atoms with Crippen LogP contribution in [0.3, 0.4) is 0 Å². The predicted octanol–water partition coefficient (Wildman–Crippen LogP) is 2.16. The summed E-state index contributed by atoms with van der Waals surface area (Å²) in [6, 6.07) is 2.11. The fourth-order valence-corrected chi connectivity index (χ4v) is 1.91. The second-order valence-corrected chi connectivity index (χ2v) is 4.25. The minimum Gasteiger partial charge on any atom is -0.393 e. The SMILES string of the molecule is CCC(O)C(C)Cc1cc(C)nn1CC. The van der Waals surface area contributed by atoms with Gasteiger partial charge in [0.2, 0.25) is 0 Å². The minimum absolute atomic E-state index is 0.203. The lowest BCUT2D eigenvalue weighted by Crippen LogP contribution is -2.20. The van der Waals surface area contributed by atoms with E-state index in [-0.39, 0.29) is 6.10 Å². The van der Waals surface area contributed by atoms with Crippen LogP contribution in [0.2, 0.25) is 0 Å². The van der Waals surface area contributed by atoms with E-state index in [0.717, 1.165) is 25.1 Å². The van der Waals surface area contributed by atoms with E-state index in [2.05, 4.69) is 25.0 Å². The monoisotopic (exact) mass is 210 g/mol. The molecule has 86 valence electrons.